The summed E-state index contributed by atoms with van der Waals surface area (Å²) in [5, 5.41) is 23.0. The van der Waals surface area contributed by atoms with Crippen LogP contribution in [0.4, 0.5) is 0 Å². The molecule has 1 amide bonds. The predicted octanol–water partition coefficient (Wildman–Crippen LogP) is 9.95. The zero-order chi connectivity index (χ0) is 28.7. The second-order valence-corrected chi connectivity index (χ2v) is 11.9. The number of carbonyl (C=O) groups excluding carboxylic acids is 1. The van der Waals surface area contributed by atoms with Crippen molar-refractivity contribution in [3.63, 3.8) is 0 Å². The second kappa shape index (κ2) is 31.7. The number of unbranched alkanes of at least 4 members (excludes halogenated alkanes) is 22. The molecule has 0 rings (SSSR count). The molecule has 0 saturated heterocycles. The molecule has 4 nitrogen and oxygen atoms in total. The first-order chi connectivity index (χ1) is 19.2. The summed E-state index contributed by atoms with van der Waals surface area (Å²) in [5.74, 6) is -0.0416. The van der Waals surface area contributed by atoms with Gasteiger partial charge < -0.3 is 15.5 Å². The molecule has 0 spiro atoms. The van der Waals surface area contributed by atoms with Gasteiger partial charge in [-0.15, -0.1) is 0 Å². The van der Waals surface area contributed by atoms with Crippen LogP contribution in [0.2, 0.25) is 0 Å². The van der Waals surface area contributed by atoms with E-state index >= 15 is 0 Å². The molecule has 0 aromatic carbocycles. The van der Waals surface area contributed by atoms with Crippen molar-refractivity contribution >= 4 is 5.91 Å². The Balaban J connectivity index is 3.58. The van der Waals surface area contributed by atoms with Gasteiger partial charge in [0.2, 0.25) is 5.91 Å². The Hall–Kier alpha value is -0.870. The molecule has 0 heterocycles. The Morgan fingerprint density at radius 3 is 1.44 bits per heavy atom. The summed E-state index contributed by atoms with van der Waals surface area (Å²) in [7, 11) is 0. The van der Waals surface area contributed by atoms with E-state index in [0.29, 0.717) is 12.8 Å². The highest BCUT2D eigenvalue weighted by atomic mass is 16.3. The molecule has 0 fully saturated rings. The molecule has 0 aliphatic carbocycles. The summed E-state index contributed by atoms with van der Waals surface area (Å²) in [6, 6.07) is -0.534. The Labute approximate surface area is 244 Å². The lowest BCUT2D eigenvalue weighted by molar-refractivity contribution is -0.123. The molecular formula is C35H69NO3. The molecular weight excluding hydrogens is 482 g/mol. The van der Waals surface area contributed by atoms with E-state index in [4.69, 9.17) is 0 Å². The van der Waals surface area contributed by atoms with Gasteiger partial charge in [0.1, 0.15) is 0 Å². The molecule has 0 aliphatic rings. The lowest BCUT2D eigenvalue weighted by atomic mass is 10.0. The summed E-state index contributed by atoms with van der Waals surface area (Å²) < 4.78 is 0. The first-order valence-electron chi connectivity index (χ1n) is 17.4. The van der Waals surface area contributed by atoms with Crippen molar-refractivity contribution in [2.45, 2.75) is 199 Å². The van der Waals surface area contributed by atoms with Gasteiger partial charge in [0.25, 0.3) is 0 Å². The number of hydrogen-bond donors (Lipinski definition) is 3. The molecule has 2 unspecified atom stereocenters. The standard InChI is InChI=1S/C35H69NO3/c1-3-5-7-9-11-13-15-17-19-20-22-24-26-28-30-34(38)33(32-37)36-35(39)31-29-27-25-23-21-18-16-14-12-10-8-6-4-2/h14,16,33-34,37-38H,3-13,15,17-32H2,1-2H3,(H,36,39)/b16-14-. The smallest absolute Gasteiger partial charge is 0.220 e. The highest BCUT2D eigenvalue weighted by Gasteiger charge is 2.19. The third-order valence-corrected chi connectivity index (χ3v) is 8.03. The Bertz CT molecular complexity index is 522. The molecule has 0 aromatic rings. The molecule has 0 bridgehead atoms. The topological polar surface area (TPSA) is 69.6 Å². The summed E-state index contributed by atoms with van der Waals surface area (Å²) in [5.41, 5.74) is 0. The molecule has 4 heteroatoms. The van der Waals surface area contributed by atoms with E-state index in [1.165, 1.54) is 135 Å². The van der Waals surface area contributed by atoms with Crippen LogP contribution in [0.5, 0.6) is 0 Å². The van der Waals surface area contributed by atoms with Crippen molar-refractivity contribution < 1.29 is 15.0 Å². The largest absolute Gasteiger partial charge is 0.394 e. The summed E-state index contributed by atoms with van der Waals surface area (Å²) in [4.78, 5) is 12.3. The SMILES string of the molecule is CCCCCC/C=C\CCCCCCCC(=O)NC(CO)C(O)CCCCCCCCCCCCCCCC. The van der Waals surface area contributed by atoms with Crippen molar-refractivity contribution in [3.8, 4) is 0 Å². The van der Waals surface area contributed by atoms with E-state index in [1.807, 2.05) is 0 Å². The Morgan fingerprint density at radius 1 is 0.590 bits per heavy atom. The fourth-order valence-electron chi connectivity index (χ4n) is 5.29. The fraction of sp³-hybridized carbons (Fsp3) is 0.914. The van der Waals surface area contributed by atoms with Crippen LogP contribution in [0.3, 0.4) is 0 Å². The summed E-state index contributed by atoms with van der Waals surface area (Å²) in [6.45, 7) is 4.33. The van der Waals surface area contributed by atoms with E-state index in [-0.39, 0.29) is 12.5 Å². The molecule has 0 radical (unpaired) electrons. The highest BCUT2D eigenvalue weighted by Crippen LogP contribution is 2.15. The lowest BCUT2D eigenvalue weighted by Crippen LogP contribution is -2.45. The average molecular weight is 552 g/mol. The van der Waals surface area contributed by atoms with Crippen molar-refractivity contribution in [2.75, 3.05) is 6.61 Å². The van der Waals surface area contributed by atoms with Crippen LogP contribution in [0.1, 0.15) is 187 Å². The van der Waals surface area contributed by atoms with Crippen LogP contribution in [-0.2, 0) is 4.79 Å². The minimum atomic E-state index is -0.657. The third kappa shape index (κ3) is 28.5. The molecule has 232 valence electrons. The normalized spacial score (nSPS) is 13.2. The van der Waals surface area contributed by atoms with Gasteiger partial charge in [-0.1, -0.05) is 154 Å². The maximum absolute atomic E-state index is 12.3. The lowest BCUT2D eigenvalue weighted by Gasteiger charge is -2.22. The van der Waals surface area contributed by atoms with E-state index in [2.05, 4.69) is 31.3 Å². The van der Waals surface area contributed by atoms with Gasteiger partial charge in [-0.3, -0.25) is 4.79 Å². The van der Waals surface area contributed by atoms with E-state index in [9.17, 15) is 15.0 Å². The molecule has 3 N–H and O–H groups in total. The number of rotatable bonds is 31. The van der Waals surface area contributed by atoms with Crippen molar-refractivity contribution in [1.29, 1.82) is 0 Å². The van der Waals surface area contributed by atoms with E-state index in [1.54, 1.807) is 0 Å². The van der Waals surface area contributed by atoms with Gasteiger partial charge in [-0.05, 0) is 38.5 Å². The number of allylic oxidation sites excluding steroid dienone is 2. The van der Waals surface area contributed by atoms with Gasteiger partial charge >= 0.3 is 0 Å². The van der Waals surface area contributed by atoms with Crippen LogP contribution >= 0.6 is 0 Å². The number of nitrogens with one attached hydrogen (secondary N) is 1. The highest BCUT2D eigenvalue weighted by molar-refractivity contribution is 5.76. The quantitative estimate of drug-likeness (QED) is 0.0593. The van der Waals surface area contributed by atoms with Gasteiger partial charge in [0.15, 0.2) is 0 Å². The predicted molar refractivity (Wildman–Crippen MR) is 170 cm³/mol. The maximum Gasteiger partial charge on any atom is 0.220 e. The van der Waals surface area contributed by atoms with E-state index in [0.717, 1.165) is 25.7 Å². The minimum Gasteiger partial charge on any atom is -0.394 e. The van der Waals surface area contributed by atoms with Crippen LogP contribution in [0, 0.1) is 0 Å². The average Bonchev–Trinajstić information content (AvgIpc) is 2.94. The van der Waals surface area contributed by atoms with Crippen LogP contribution < -0.4 is 5.32 Å². The zero-order valence-electron chi connectivity index (χ0n) is 26.4. The van der Waals surface area contributed by atoms with E-state index < -0.39 is 12.1 Å². The molecule has 0 aromatic heterocycles. The maximum atomic E-state index is 12.3. The first-order valence-corrected chi connectivity index (χ1v) is 17.4. The Morgan fingerprint density at radius 2 is 0.974 bits per heavy atom. The van der Waals surface area contributed by atoms with Gasteiger partial charge in [0.05, 0.1) is 18.8 Å². The van der Waals surface area contributed by atoms with Crippen molar-refractivity contribution in [3.05, 3.63) is 12.2 Å². The van der Waals surface area contributed by atoms with Crippen LogP contribution in [0.15, 0.2) is 12.2 Å². The third-order valence-electron chi connectivity index (χ3n) is 8.03. The fourth-order valence-corrected chi connectivity index (χ4v) is 5.29. The zero-order valence-corrected chi connectivity index (χ0v) is 26.4. The molecule has 0 aliphatic heterocycles. The van der Waals surface area contributed by atoms with Crippen molar-refractivity contribution in [2.24, 2.45) is 0 Å². The number of carbonyl (C=O) groups is 1. The number of aliphatic hydroxyl groups excluding tert-OH is 2. The van der Waals surface area contributed by atoms with Gasteiger partial charge in [0, 0.05) is 6.42 Å². The van der Waals surface area contributed by atoms with Gasteiger partial charge in [-0.25, -0.2) is 0 Å². The number of amides is 1. The monoisotopic (exact) mass is 552 g/mol. The minimum absolute atomic E-state index is 0.0416. The number of hydrogen-bond acceptors (Lipinski definition) is 3. The van der Waals surface area contributed by atoms with Gasteiger partial charge in [-0.2, -0.15) is 0 Å². The van der Waals surface area contributed by atoms with Crippen molar-refractivity contribution in [1.82, 2.24) is 5.32 Å². The summed E-state index contributed by atoms with van der Waals surface area (Å²) >= 11 is 0. The second-order valence-electron chi connectivity index (χ2n) is 11.9. The molecule has 0 saturated carbocycles. The molecule has 2 atom stereocenters. The van der Waals surface area contributed by atoms with Crippen LogP contribution in [0.25, 0.3) is 0 Å². The van der Waals surface area contributed by atoms with Crippen LogP contribution in [-0.4, -0.2) is 34.9 Å². The Kier molecular flexibility index (Phi) is 30.9. The summed E-state index contributed by atoms with van der Waals surface area (Å²) in [6.07, 6.45) is 36.8. The molecule has 39 heavy (non-hydrogen) atoms. The first kappa shape index (κ1) is 38.1. The number of aliphatic hydroxyl groups is 2.